The van der Waals surface area contributed by atoms with Crippen molar-refractivity contribution in [1.82, 2.24) is 9.78 Å². The quantitative estimate of drug-likeness (QED) is 0.783. The maximum absolute atomic E-state index is 12.6. The van der Waals surface area contributed by atoms with E-state index in [1.165, 1.54) is 11.3 Å². The summed E-state index contributed by atoms with van der Waals surface area (Å²) < 4.78 is 29.8. The molecule has 0 bridgehead atoms. The molecule has 0 aliphatic rings. The van der Waals surface area contributed by atoms with Crippen LogP contribution in [0.15, 0.2) is 46.7 Å². The second-order valence-corrected chi connectivity index (χ2v) is 8.52. The molecule has 0 saturated heterocycles. The monoisotopic (exact) mass is 347 g/mol. The van der Waals surface area contributed by atoms with Crippen molar-refractivity contribution in [2.24, 2.45) is 0 Å². The summed E-state index contributed by atoms with van der Waals surface area (Å²) >= 11 is 1.25. The van der Waals surface area contributed by atoms with E-state index >= 15 is 0 Å². The Morgan fingerprint density at radius 2 is 1.83 bits per heavy atom. The van der Waals surface area contributed by atoms with Crippen molar-refractivity contribution in [3.8, 4) is 5.69 Å². The molecule has 0 spiro atoms. The maximum atomic E-state index is 12.6. The van der Waals surface area contributed by atoms with Gasteiger partial charge in [0.1, 0.15) is 4.21 Å². The predicted octanol–water partition coefficient (Wildman–Crippen LogP) is 3.66. The lowest BCUT2D eigenvalue weighted by Crippen LogP contribution is -2.14. The Bertz CT molecular complexity index is 955. The van der Waals surface area contributed by atoms with Crippen LogP contribution < -0.4 is 4.72 Å². The average molecular weight is 347 g/mol. The molecule has 5 nitrogen and oxygen atoms in total. The van der Waals surface area contributed by atoms with Crippen LogP contribution in [-0.4, -0.2) is 18.2 Å². The van der Waals surface area contributed by atoms with E-state index in [1.54, 1.807) is 28.9 Å². The van der Waals surface area contributed by atoms with Crippen molar-refractivity contribution in [2.45, 2.75) is 25.0 Å². The third-order valence-electron chi connectivity index (χ3n) is 3.37. The predicted molar refractivity (Wildman–Crippen MR) is 92.9 cm³/mol. The zero-order valence-corrected chi connectivity index (χ0v) is 14.7. The highest BCUT2D eigenvalue weighted by Crippen LogP contribution is 2.27. The molecule has 7 heteroatoms. The van der Waals surface area contributed by atoms with Gasteiger partial charge in [0.15, 0.2) is 0 Å². The van der Waals surface area contributed by atoms with Crippen LogP contribution in [0.1, 0.15) is 16.3 Å². The molecule has 0 unspecified atom stereocenters. The lowest BCUT2D eigenvalue weighted by atomic mass is 10.2. The fraction of sp³-hybridized carbons (Fsp3) is 0.188. The molecule has 0 saturated carbocycles. The number of anilines is 1. The van der Waals surface area contributed by atoms with E-state index in [9.17, 15) is 8.42 Å². The summed E-state index contributed by atoms with van der Waals surface area (Å²) in [4.78, 5) is 0.956. The number of aromatic nitrogens is 2. The molecule has 0 amide bonds. The smallest absolute Gasteiger partial charge is 0.271 e. The highest BCUT2D eigenvalue weighted by molar-refractivity contribution is 7.94. The minimum Gasteiger partial charge on any atom is -0.277 e. The third kappa shape index (κ3) is 3.16. The van der Waals surface area contributed by atoms with Crippen LogP contribution >= 0.6 is 11.3 Å². The van der Waals surface area contributed by atoms with Crippen LogP contribution in [0.25, 0.3) is 5.69 Å². The van der Waals surface area contributed by atoms with Gasteiger partial charge in [-0.05, 0) is 51.1 Å². The SMILES string of the molecule is Cc1cc(C)n(-c2ccccc2NS(=O)(=O)c2ccc(C)s2)n1. The summed E-state index contributed by atoms with van der Waals surface area (Å²) in [5.41, 5.74) is 3.04. The van der Waals surface area contributed by atoms with Crippen molar-refractivity contribution >= 4 is 27.0 Å². The van der Waals surface area contributed by atoms with Crippen LogP contribution in [0.2, 0.25) is 0 Å². The van der Waals surface area contributed by atoms with Crippen LogP contribution in [0, 0.1) is 20.8 Å². The number of rotatable bonds is 4. The van der Waals surface area contributed by atoms with Gasteiger partial charge in [-0.2, -0.15) is 5.10 Å². The Kier molecular flexibility index (Phi) is 3.99. The maximum Gasteiger partial charge on any atom is 0.271 e. The Morgan fingerprint density at radius 1 is 1.09 bits per heavy atom. The summed E-state index contributed by atoms with van der Waals surface area (Å²) in [7, 11) is -3.60. The summed E-state index contributed by atoms with van der Waals surface area (Å²) in [6, 6.07) is 12.6. The van der Waals surface area contributed by atoms with Crippen LogP contribution in [0.5, 0.6) is 0 Å². The highest BCUT2D eigenvalue weighted by atomic mass is 32.2. The number of para-hydroxylation sites is 2. The molecule has 2 heterocycles. The van der Waals surface area contributed by atoms with Crippen molar-refractivity contribution in [3.05, 3.63) is 58.7 Å². The van der Waals surface area contributed by atoms with Crippen LogP contribution in [-0.2, 0) is 10.0 Å². The van der Waals surface area contributed by atoms with Crippen LogP contribution in [0.3, 0.4) is 0 Å². The first kappa shape index (κ1) is 15.8. The van der Waals surface area contributed by atoms with Gasteiger partial charge in [-0.1, -0.05) is 12.1 Å². The number of aryl methyl sites for hydroxylation is 3. The standard InChI is InChI=1S/C16H17N3O2S2/c1-11-10-12(2)19(17-11)15-7-5-4-6-14(15)18-23(20,21)16-9-8-13(3)22-16/h4-10,18H,1-3H3. The van der Waals surface area contributed by atoms with Gasteiger partial charge < -0.3 is 0 Å². The van der Waals surface area contributed by atoms with E-state index in [4.69, 9.17) is 0 Å². The van der Waals surface area contributed by atoms with Crippen molar-refractivity contribution < 1.29 is 8.42 Å². The number of benzene rings is 1. The molecule has 0 atom stereocenters. The average Bonchev–Trinajstić information content (AvgIpc) is 3.05. The molecule has 1 N–H and O–H groups in total. The Morgan fingerprint density at radius 3 is 2.43 bits per heavy atom. The van der Waals surface area contributed by atoms with Gasteiger partial charge in [0.25, 0.3) is 10.0 Å². The fourth-order valence-electron chi connectivity index (χ4n) is 2.37. The third-order valence-corrected chi connectivity index (χ3v) is 6.22. The molecule has 0 radical (unpaired) electrons. The second kappa shape index (κ2) is 5.82. The van der Waals surface area contributed by atoms with Gasteiger partial charge in [-0.15, -0.1) is 11.3 Å². The normalized spacial score (nSPS) is 11.6. The van der Waals surface area contributed by atoms with E-state index in [0.717, 1.165) is 16.3 Å². The Balaban J connectivity index is 2.03. The molecule has 1 aromatic carbocycles. The van der Waals surface area contributed by atoms with E-state index in [0.29, 0.717) is 15.6 Å². The first-order valence-corrected chi connectivity index (χ1v) is 9.39. The molecule has 0 aliphatic heterocycles. The molecule has 3 aromatic rings. The number of hydrogen-bond donors (Lipinski definition) is 1. The summed E-state index contributed by atoms with van der Waals surface area (Å²) in [6.07, 6.45) is 0. The largest absolute Gasteiger partial charge is 0.277 e. The summed E-state index contributed by atoms with van der Waals surface area (Å²) in [6.45, 7) is 5.73. The topological polar surface area (TPSA) is 64.0 Å². The molecule has 3 rings (SSSR count). The van der Waals surface area contributed by atoms with Gasteiger partial charge in [0.2, 0.25) is 0 Å². The second-order valence-electron chi connectivity index (χ2n) is 5.33. The Hall–Kier alpha value is -2.12. The molecule has 2 aromatic heterocycles. The molecule has 120 valence electrons. The minimum absolute atomic E-state index is 0.304. The van der Waals surface area contributed by atoms with Gasteiger partial charge >= 0.3 is 0 Å². The molecular formula is C16H17N3O2S2. The van der Waals surface area contributed by atoms with Gasteiger partial charge in [0.05, 0.1) is 17.1 Å². The number of hydrogen-bond acceptors (Lipinski definition) is 4. The molecule has 0 fully saturated rings. The van der Waals surface area contributed by atoms with E-state index < -0.39 is 10.0 Å². The van der Waals surface area contributed by atoms with Gasteiger partial charge in [-0.25, -0.2) is 13.1 Å². The molecule has 0 aliphatic carbocycles. The van der Waals surface area contributed by atoms with Gasteiger partial charge in [0, 0.05) is 10.6 Å². The fourth-order valence-corrected chi connectivity index (χ4v) is 4.73. The van der Waals surface area contributed by atoms with E-state index in [1.807, 2.05) is 39.0 Å². The number of nitrogens with one attached hydrogen (secondary N) is 1. The summed E-state index contributed by atoms with van der Waals surface area (Å²) in [5.74, 6) is 0. The number of thiophene rings is 1. The lowest BCUT2D eigenvalue weighted by Gasteiger charge is -2.13. The molecule has 23 heavy (non-hydrogen) atoms. The van der Waals surface area contributed by atoms with Crippen molar-refractivity contribution in [3.63, 3.8) is 0 Å². The molecular weight excluding hydrogens is 330 g/mol. The zero-order chi connectivity index (χ0) is 16.6. The van der Waals surface area contributed by atoms with Crippen molar-refractivity contribution in [1.29, 1.82) is 0 Å². The van der Waals surface area contributed by atoms with Gasteiger partial charge in [-0.3, -0.25) is 4.72 Å². The minimum atomic E-state index is -3.60. The zero-order valence-electron chi connectivity index (χ0n) is 13.1. The Labute approximate surface area is 139 Å². The summed E-state index contributed by atoms with van der Waals surface area (Å²) in [5, 5.41) is 4.43. The van der Waals surface area contributed by atoms with Crippen molar-refractivity contribution in [2.75, 3.05) is 4.72 Å². The lowest BCUT2D eigenvalue weighted by molar-refractivity contribution is 0.603. The number of nitrogens with zero attached hydrogens (tertiary/aromatic N) is 2. The van der Waals surface area contributed by atoms with E-state index in [-0.39, 0.29) is 0 Å². The first-order chi connectivity index (χ1) is 10.9. The van der Waals surface area contributed by atoms with E-state index in [2.05, 4.69) is 9.82 Å². The first-order valence-electron chi connectivity index (χ1n) is 7.09. The number of sulfonamides is 1. The van der Waals surface area contributed by atoms with Crippen LogP contribution in [0.4, 0.5) is 5.69 Å². The highest BCUT2D eigenvalue weighted by Gasteiger charge is 2.19.